The first kappa shape index (κ1) is 23.1. The molecule has 6 heteroatoms. The summed E-state index contributed by atoms with van der Waals surface area (Å²) in [6, 6.07) is 30.9. The quantitative estimate of drug-likeness (QED) is 0.216. The highest BCUT2D eigenvalue weighted by Crippen LogP contribution is 2.35. The molecule has 1 aliphatic rings. The van der Waals surface area contributed by atoms with Crippen molar-refractivity contribution in [2.45, 2.75) is 38.4 Å². The normalized spacial score (nSPS) is 15.7. The first-order chi connectivity index (χ1) is 18.2. The lowest BCUT2D eigenvalue weighted by molar-refractivity contribution is 0.153. The van der Waals surface area contributed by atoms with Crippen molar-refractivity contribution in [3.8, 4) is 0 Å². The van der Waals surface area contributed by atoms with E-state index in [0.29, 0.717) is 5.84 Å². The number of aliphatic imine (C=N–C) groups is 1. The molecule has 6 rings (SSSR count). The number of hydrogen-bond acceptors (Lipinski definition) is 4. The Kier molecular flexibility index (Phi) is 6.48. The van der Waals surface area contributed by atoms with E-state index in [4.69, 9.17) is 15.7 Å². The molecule has 3 N–H and O–H groups in total. The first-order valence-electron chi connectivity index (χ1n) is 12.8. The van der Waals surface area contributed by atoms with Crippen molar-refractivity contribution in [1.29, 1.82) is 0 Å². The Morgan fingerprint density at radius 2 is 1.73 bits per heavy atom. The molecule has 0 radical (unpaired) electrons. The number of rotatable bonds is 7. The number of pyridine rings is 1. The smallest absolute Gasteiger partial charge is 0.131 e. The van der Waals surface area contributed by atoms with E-state index in [1.165, 1.54) is 16.8 Å². The minimum atomic E-state index is 0.240. The average Bonchev–Trinajstić information content (AvgIpc) is 3.36. The molecule has 6 nitrogen and oxygen atoms in total. The van der Waals surface area contributed by atoms with Crippen LogP contribution in [0.4, 0.5) is 5.69 Å². The third-order valence-electron chi connectivity index (χ3n) is 7.04. The summed E-state index contributed by atoms with van der Waals surface area (Å²) in [5.41, 5.74) is 13.8. The fourth-order valence-electron chi connectivity index (χ4n) is 5.21. The number of nitrogens with zero attached hydrogens (tertiary/aromatic N) is 4. The summed E-state index contributed by atoms with van der Waals surface area (Å²) < 4.78 is 0. The zero-order chi connectivity index (χ0) is 25.0. The van der Waals surface area contributed by atoms with Crippen molar-refractivity contribution >= 4 is 22.6 Å². The number of H-pyrrole nitrogens is 1. The van der Waals surface area contributed by atoms with Crippen LogP contribution in [-0.4, -0.2) is 25.7 Å². The fourth-order valence-corrected chi connectivity index (χ4v) is 5.21. The van der Waals surface area contributed by atoms with Gasteiger partial charge in [0, 0.05) is 18.3 Å². The van der Waals surface area contributed by atoms with Crippen LogP contribution in [0, 0.1) is 0 Å². The molecule has 0 bridgehead atoms. The van der Waals surface area contributed by atoms with E-state index in [1.807, 2.05) is 66.9 Å². The molecule has 0 amide bonds. The molecule has 2 aromatic heterocycles. The number of hydrogen-bond donors (Lipinski definition) is 2. The predicted molar refractivity (Wildman–Crippen MR) is 149 cm³/mol. The van der Waals surface area contributed by atoms with Crippen molar-refractivity contribution < 1.29 is 0 Å². The Morgan fingerprint density at radius 3 is 2.57 bits per heavy atom. The number of imidazole rings is 1. The standard InChI is InChI=1S/C31H30N6/c32-31(24-8-2-1-3-9-24)34-25-17-15-22(16-18-25)20-37(21-29-35-26-12-4-5-13-27(26)36-29)28-14-6-10-23-11-7-19-33-30(23)28/h1-5,7-9,11-13,15-19,28H,6,10,14,20-21H2,(H2,32,34)(H,35,36). The Morgan fingerprint density at radius 1 is 0.919 bits per heavy atom. The van der Waals surface area contributed by atoms with E-state index in [2.05, 4.69) is 45.2 Å². The van der Waals surface area contributed by atoms with Gasteiger partial charge in [-0.2, -0.15) is 0 Å². The highest BCUT2D eigenvalue weighted by Gasteiger charge is 2.28. The molecule has 1 unspecified atom stereocenters. The zero-order valence-corrected chi connectivity index (χ0v) is 20.7. The van der Waals surface area contributed by atoms with Gasteiger partial charge in [0.1, 0.15) is 11.7 Å². The van der Waals surface area contributed by atoms with Crippen molar-refractivity contribution in [3.63, 3.8) is 0 Å². The second-order valence-electron chi connectivity index (χ2n) is 9.59. The molecule has 1 aliphatic carbocycles. The molecule has 0 saturated carbocycles. The minimum absolute atomic E-state index is 0.240. The number of aryl methyl sites for hydroxylation is 1. The maximum absolute atomic E-state index is 6.23. The SMILES string of the molecule is NC(=Nc1ccc(CN(Cc2nc3ccccc3[nH]2)C2CCCc3cccnc32)cc1)c1ccccc1. The number of aromatic amines is 1. The molecule has 0 fully saturated rings. The number of para-hydroxylation sites is 2. The lowest BCUT2D eigenvalue weighted by Crippen LogP contribution is -2.31. The Hall–Kier alpha value is -4.29. The van der Waals surface area contributed by atoms with Gasteiger partial charge in [-0.1, -0.05) is 60.7 Å². The molecule has 5 aromatic rings. The number of fused-ring (bicyclic) bond motifs is 2. The second kappa shape index (κ2) is 10.4. The second-order valence-corrected chi connectivity index (χ2v) is 9.59. The van der Waals surface area contributed by atoms with E-state index in [1.54, 1.807) is 0 Å². The van der Waals surface area contributed by atoms with Crippen LogP contribution in [0.15, 0.2) is 102 Å². The average molecular weight is 487 g/mol. The number of benzene rings is 3. The van der Waals surface area contributed by atoms with Gasteiger partial charge in [-0.25, -0.2) is 9.98 Å². The Balaban J connectivity index is 1.28. The van der Waals surface area contributed by atoms with E-state index in [-0.39, 0.29) is 6.04 Å². The topological polar surface area (TPSA) is 83.2 Å². The van der Waals surface area contributed by atoms with Gasteiger partial charge in [0.25, 0.3) is 0 Å². The number of amidine groups is 1. The van der Waals surface area contributed by atoms with Gasteiger partial charge < -0.3 is 10.7 Å². The molecular weight excluding hydrogens is 456 g/mol. The Bertz CT molecular complexity index is 1490. The zero-order valence-electron chi connectivity index (χ0n) is 20.7. The fraction of sp³-hybridized carbons (Fsp3) is 0.194. The van der Waals surface area contributed by atoms with Gasteiger partial charge >= 0.3 is 0 Å². The minimum Gasteiger partial charge on any atom is -0.383 e. The van der Waals surface area contributed by atoms with Gasteiger partial charge in [0.05, 0.1) is 35.0 Å². The molecule has 0 spiro atoms. The summed E-state index contributed by atoms with van der Waals surface area (Å²) >= 11 is 0. The predicted octanol–water partition coefficient (Wildman–Crippen LogP) is 6.07. The lowest BCUT2D eigenvalue weighted by atomic mass is 9.90. The number of aromatic nitrogens is 3. The van der Waals surface area contributed by atoms with Crippen LogP contribution in [0.5, 0.6) is 0 Å². The van der Waals surface area contributed by atoms with Crippen molar-refractivity contribution in [2.24, 2.45) is 10.7 Å². The molecule has 1 atom stereocenters. The van der Waals surface area contributed by atoms with Crippen LogP contribution >= 0.6 is 0 Å². The summed E-state index contributed by atoms with van der Waals surface area (Å²) in [6.07, 6.45) is 5.25. The summed E-state index contributed by atoms with van der Waals surface area (Å²) in [6.45, 7) is 1.51. The summed E-state index contributed by atoms with van der Waals surface area (Å²) in [4.78, 5) is 20.3. The van der Waals surface area contributed by atoms with Gasteiger partial charge in [0.2, 0.25) is 0 Å². The van der Waals surface area contributed by atoms with E-state index in [0.717, 1.165) is 60.5 Å². The highest BCUT2D eigenvalue weighted by atomic mass is 15.2. The molecule has 37 heavy (non-hydrogen) atoms. The van der Waals surface area contributed by atoms with Gasteiger partial charge in [-0.05, 0) is 60.7 Å². The Labute approximate surface area is 216 Å². The van der Waals surface area contributed by atoms with Gasteiger partial charge in [0.15, 0.2) is 0 Å². The summed E-state index contributed by atoms with van der Waals surface area (Å²) in [7, 11) is 0. The van der Waals surface area contributed by atoms with Crippen LogP contribution in [0.1, 0.15) is 47.1 Å². The monoisotopic (exact) mass is 486 g/mol. The maximum atomic E-state index is 6.23. The molecule has 184 valence electrons. The summed E-state index contributed by atoms with van der Waals surface area (Å²) in [5.74, 6) is 1.49. The van der Waals surface area contributed by atoms with E-state index < -0.39 is 0 Å². The van der Waals surface area contributed by atoms with Crippen molar-refractivity contribution in [2.75, 3.05) is 0 Å². The van der Waals surface area contributed by atoms with Gasteiger partial charge in [-0.15, -0.1) is 0 Å². The molecular formula is C31H30N6. The van der Waals surface area contributed by atoms with E-state index in [9.17, 15) is 0 Å². The number of nitrogens with two attached hydrogens (primary N) is 1. The summed E-state index contributed by atoms with van der Waals surface area (Å²) in [5, 5.41) is 0. The van der Waals surface area contributed by atoms with Crippen molar-refractivity contribution in [1.82, 2.24) is 19.9 Å². The first-order valence-corrected chi connectivity index (χ1v) is 12.8. The van der Waals surface area contributed by atoms with Crippen LogP contribution in [0.3, 0.4) is 0 Å². The number of nitrogens with one attached hydrogen (secondary N) is 1. The largest absolute Gasteiger partial charge is 0.383 e. The van der Waals surface area contributed by atoms with E-state index >= 15 is 0 Å². The highest BCUT2D eigenvalue weighted by molar-refractivity contribution is 5.98. The van der Waals surface area contributed by atoms with Crippen LogP contribution < -0.4 is 5.73 Å². The third kappa shape index (κ3) is 5.15. The van der Waals surface area contributed by atoms with Crippen molar-refractivity contribution in [3.05, 3.63) is 125 Å². The molecule has 0 aliphatic heterocycles. The molecule has 0 saturated heterocycles. The maximum Gasteiger partial charge on any atom is 0.131 e. The molecule has 3 aromatic carbocycles. The van der Waals surface area contributed by atoms with Crippen LogP contribution in [0.25, 0.3) is 11.0 Å². The van der Waals surface area contributed by atoms with Gasteiger partial charge in [-0.3, -0.25) is 9.88 Å². The van der Waals surface area contributed by atoms with Crippen LogP contribution in [0.2, 0.25) is 0 Å². The van der Waals surface area contributed by atoms with Crippen LogP contribution in [-0.2, 0) is 19.5 Å². The lowest BCUT2D eigenvalue weighted by Gasteiger charge is -2.34. The third-order valence-corrected chi connectivity index (χ3v) is 7.04. The molecule has 2 heterocycles.